The molecule has 1 N–H and O–H groups in total. The van der Waals surface area contributed by atoms with E-state index in [4.69, 9.17) is 21.1 Å². The Hall–Kier alpha value is -3.88. The van der Waals surface area contributed by atoms with E-state index in [0.29, 0.717) is 59.5 Å². The fraction of sp³-hybridized carbons (Fsp3) is 0.379. The minimum absolute atomic E-state index is 0.0708. The third-order valence-electron chi connectivity index (χ3n) is 6.75. The first-order valence-corrected chi connectivity index (χ1v) is 15.4. The van der Waals surface area contributed by atoms with Crippen LogP contribution in [-0.4, -0.2) is 43.7 Å². The van der Waals surface area contributed by atoms with Crippen LogP contribution >= 0.6 is 11.6 Å². The van der Waals surface area contributed by atoms with E-state index in [2.05, 4.69) is 20.8 Å². The molecule has 216 valence electrons. The van der Waals surface area contributed by atoms with E-state index in [0.717, 1.165) is 23.8 Å². The molecule has 2 aromatic carbocycles. The molecule has 10 nitrogen and oxygen atoms in total. The van der Waals surface area contributed by atoms with Crippen molar-refractivity contribution in [3.8, 4) is 17.6 Å². The number of hydrogen-bond donors (Lipinski definition) is 1. The number of amides is 1. The summed E-state index contributed by atoms with van der Waals surface area (Å²) < 4.78 is 37.3. The van der Waals surface area contributed by atoms with Crippen LogP contribution in [0.4, 0.5) is 11.8 Å². The summed E-state index contributed by atoms with van der Waals surface area (Å²) in [7, 11) is -3.59. The summed E-state index contributed by atoms with van der Waals surface area (Å²) in [6, 6.07) is 13.4. The lowest BCUT2D eigenvalue weighted by molar-refractivity contribution is -0.117. The number of nitriles is 1. The highest BCUT2D eigenvalue weighted by molar-refractivity contribution is 7.91. The quantitative estimate of drug-likeness (QED) is 0.319. The van der Waals surface area contributed by atoms with Gasteiger partial charge >= 0.3 is 0 Å². The molecule has 0 atom stereocenters. The van der Waals surface area contributed by atoms with E-state index in [-0.39, 0.29) is 18.5 Å². The number of sulfonamides is 1. The molecule has 1 aliphatic rings. The lowest BCUT2D eigenvalue weighted by atomic mass is 9.77. The number of nitrogens with one attached hydrogen (secondary N) is 1. The van der Waals surface area contributed by atoms with Crippen LogP contribution in [0.5, 0.6) is 11.5 Å². The molecule has 3 aromatic rings. The zero-order chi connectivity index (χ0) is 29.8. The molecule has 1 amide bonds. The molecule has 1 aliphatic heterocycles. The Balaban J connectivity index is 1.54. The molecule has 0 unspecified atom stereocenters. The van der Waals surface area contributed by atoms with Crippen LogP contribution in [-0.2, 0) is 26.8 Å². The lowest BCUT2D eigenvalue weighted by Crippen LogP contribution is -2.27. The number of anilines is 2. The molecular weight excluding hydrogens is 566 g/mol. The molecular formula is C29H32ClN5O5S. The van der Waals surface area contributed by atoms with Gasteiger partial charge in [0.2, 0.25) is 21.9 Å². The van der Waals surface area contributed by atoms with Gasteiger partial charge in [0.1, 0.15) is 24.2 Å². The Morgan fingerprint density at radius 1 is 1.17 bits per heavy atom. The van der Waals surface area contributed by atoms with Crippen LogP contribution in [0, 0.1) is 11.3 Å². The van der Waals surface area contributed by atoms with Gasteiger partial charge in [0.25, 0.3) is 0 Å². The van der Waals surface area contributed by atoms with Gasteiger partial charge in [-0.1, -0.05) is 44.5 Å². The Kier molecular flexibility index (Phi) is 9.05. The molecule has 0 aliphatic carbocycles. The number of rotatable bonds is 11. The number of carbonyl (C=O) groups is 1. The van der Waals surface area contributed by atoms with Crippen LogP contribution in [0.1, 0.15) is 62.3 Å². The second kappa shape index (κ2) is 12.3. The number of halogens is 1. The van der Waals surface area contributed by atoms with Gasteiger partial charge in [-0.15, -0.1) is 0 Å². The highest BCUT2D eigenvalue weighted by Crippen LogP contribution is 2.39. The summed E-state index contributed by atoms with van der Waals surface area (Å²) in [6.07, 6.45) is 4.35. The molecule has 12 heteroatoms. The predicted octanol–water partition coefficient (Wildman–Crippen LogP) is 5.19. The van der Waals surface area contributed by atoms with Crippen LogP contribution < -0.4 is 19.1 Å². The van der Waals surface area contributed by atoms with Crippen molar-refractivity contribution in [3.05, 3.63) is 69.9 Å². The second-order valence-electron chi connectivity index (χ2n) is 10.3. The molecule has 4 rings (SSSR count). The van der Waals surface area contributed by atoms with Gasteiger partial charge in [0, 0.05) is 24.6 Å². The highest BCUT2D eigenvalue weighted by Gasteiger charge is 2.28. The fourth-order valence-electron chi connectivity index (χ4n) is 4.50. The zero-order valence-electron chi connectivity index (χ0n) is 23.4. The van der Waals surface area contributed by atoms with Crippen molar-refractivity contribution in [2.45, 2.75) is 52.1 Å². The molecule has 41 heavy (non-hydrogen) atoms. The molecule has 0 spiro atoms. The summed E-state index contributed by atoms with van der Waals surface area (Å²) in [5.74, 6) is 1.11. The second-order valence-corrected chi connectivity index (χ2v) is 12.5. The summed E-state index contributed by atoms with van der Waals surface area (Å²) in [5.41, 5.74) is 2.32. The van der Waals surface area contributed by atoms with Crippen molar-refractivity contribution in [2.24, 2.45) is 0 Å². The predicted molar refractivity (Wildman–Crippen MR) is 157 cm³/mol. The normalized spacial score (nSPS) is 13.7. The molecule has 0 bridgehead atoms. The molecule has 1 fully saturated rings. The maximum Gasteiger partial charge on any atom is 0.238 e. The number of hydrogen-bond acceptors (Lipinski definition) is 8. The average Bonchev–Trinajstić information content (AvgIpc) is 3.36. The third kappa shape index (κ3) is 7.07. The molecule has 1 aromatic heterocycles. The largest absolute Gasteiger partial charge is 0.491 e. The van der Waals surface area contributed by atoms with E-state index in [1.807, 2.05) is 57.2 Å². The van der Waals surface area contributed by atoms with Gasteiger partial charge in [-0.25, -0.2) is 13.4 Å². The first-order chi connectivity index (χ1) is 19.4. The minimum atomic E-state index is -3.59. The topological polar surface area (TPSA) is 135 Å². The van der Waals surface area contributed by atoms with Gasteiger partial charge in [-0.2, -0.15) is 10.2 Å². The number of nitrogens with zero attached hydrogens (tertiary/aromatic N) is 4. The first kappa shape index (κ1) is 30.1. The van der Waals surface area contributed by atoms with Crippen molar-refractivity contribution < 1.29 is 22.7 Å². The standard InChI is InChI=1S/C29H32ClN5O5S/c1-5-13-39-26-19(16-31)14-22(15-24(26)30)29(2,3)21-8-10-23(11-9-21)40-18-20-17-32-28(34-41(4,37)38)33-27(20)35-12-6-7-25(35)36/h8-11,14-15,17H,5-7,12-13,18H2,1-4H3,(H,32,33,34). The number of aromatic nitrogens is 2. The van der Waals surface area contributed by atoms with E-state index in [9.17, 15) is 18.5 Å². The average molecular weight is 598 g/mol. The van der Waals surface area contributed by atoms with Gasteiger partial charge in [0.05, 0.1) is 29.0 Å². The van der Waals surface area contributed by atoms with E-state index in [1.54, 1.807) is 0 Å². The van der Waals surface area contributed by atoms with Crippen LogP contribution in [0.3, 0.4) is 0 Å². The molecule has 0 radical (unpaired) electrons. The van der Waals surface area contributed by atoms with Crippen molar-refractivity contribution >= 4 is 39.3 Å². The molecule has 1 saturated heterocycles. The summed E-state index contributed by atoms with van der Waals surface area (Å²) in [6.45, 7) is 7.11. The van der Waals surface area contributed by atoms with Gasteiger partial charge in [-0.05, 0) is 48.2 Å². The number of carbonyl (C=O) groups excluding carboxylic acids is 1. The van der Waals surface area contributed by atoms with Crippen LogP contribution in [0.15, 0.2) is 42.6 Å². The summed E-state index contributed by atoms with van der Waals surface area (Å²) in [5, 5.41) is 10.1. The first-order valence-electron chi connectivity index (χ1n) is 13.2. The highest BCUT2D eigenvalue weighted by atomic mass is 35.5. The lowest BCUT2D eigenvalue weighted by Gasteiger charge is -2.27. The maximum absolute atomic E-state index is 12.4. The smallest absolute Gasteiger partial charge is 0.238 e. The van der Waals surface area contributed by atoms with E-state index in [1.165, 1.54) is 11.1 Å². The Morgan fingerprint density at radius 2 is 1.90 bits per heavy atom. The number of ether oxygens (including phenoxy) is 2. The summed E-state index contributed by atoms with van der Waals surface area (Å²) >= 11 is 6.51. The van der Waals surface area contributed by atoms with Crippen LogP contribution in [0.2, 0.25) is 5.02 Å². The van der Waals surface area contributed by atoms with Crippen LogP contribution in [0.25, 0.3) is 0 Å². The Morgan fingerprint density at radius 3 is 2.51 bits per heavy atom. The Labute approximate surface area is 245 Å². The fourth-order valence-corrected chi connectivity index (χ4v) is 5.21. The monoisotopic (exact) mass is 597 g/mol. The van der Waals surface area contributed by atoms with Crippen molar-refractivity contribution in [2.75, 3.05) is 29.0 Å². The minimum Gasteiger partial charge on any atom is -0.491 e. The van der Waals surface area contributed by atoms with Crippen molar-refractivity contribution in [3.63, 3.8) is 0 Å². The SMILES string of the molecule is CCCOc1c(Cl)cc(C(C)(C)c2ccc(OCc3cnc(NS(C)(=O)=O)nc3N3CCCC3=O)cc2)cc1C#N. The van der Waals surface area contributed by atoms with Gasteiger partial charge in [0.15, 0.2) is 5.75 Å². The molecule has 2 heterocycles. The number of benzene rings is 2. The molecule has 0 saturated carbocycles. The van der Waals surface area contributed by atoms with Crippen molar-refractivity contribution in [1.29, 1.82) is 5.26 Å². The zero-order valence-corrected chi connectivity index (χ0v) is 25.0. The van der Waals surface area contributed by atoms with E-state index < -0.39 is 15.4 Å². The van der Waals surface area contributed by atoms with Gasteiger partial charge < -0.3 is 9.47 Å². The Bertz CT molecular complexity index is 1590. The van der Waals surface area contributed by atoms with Crippen molar-refractivity contribution in [1.82, 2.24) is 9.97 Å². The third-order valence-corrected chi connectivity index (χ3v) is 7.59. The van der Waals surface area contributed by atoms with Gasteiger partial charge in [-0.3, -0.25) is 14.4 Å². The maximum atomic E-state index is 12.4. The van der Waals surface area contributed by atoms with E-state index >= 15 is 0 Å². The summed E-state index contributed by atoms with van der Waals surface area (Å²) in [4.78, 5) is 22.4.